The first-order valence-corrected chi connectivity index (χ1v) is 12.6. The molecule has 1 unspecified atom stereocenters. The Hall–Kier alpha value is -0.786. The zero-order valence-corrected chi connectivity index (χ0v) is 23.4. The van der Waals surface area contributed by atoms with Gasteiger partial charge in [0.15, 0.2) is 0 Å². The summed E-state index contributed by atoms with van der Waals surface area (Å²) >= 11 is 0. The number of rotatable bonds is 13. The Kier molecular flexibility index (Phi) is 12.6. The number of benzene rings is 2. The summed E-state index contributed by atoms with van der Waals surface area (Å²) in [4.78, 5) is 0. The molecule has 175 valence electrons. The van der Waals surface area contributed by atoms with Gasteiger partial charge in [0, 0.05) is 44.7 Å². The van der Waals surface area contributed by atoms with Crippen LogP contribution in [0.2, 0.25) is 0 Å². The fourth-order valence-electron chi connectivity index (χ4n) is 3.45. The molecular formula is C25H36NO4SY-. The molecule has 2 aromatic carbocycles. The van der Waals surface area contributed by atoms with Gasteiger partial charge in [0.25, 0.3) is 0 Å². The van der Waals surface area contributed by atoms with Crippen molar-refractivity contribution < 1.29 is 51.0 Å². The van der Waals surface area contributed by atoms with Crippen LogP contribution in [0, 0.1) is 6.07 Å². The SMILES string of the molecule is CCCCC(O)C(C)(C)c1ccc(N(CCOCc2c[c-]ccc2)S(=O)(=O)CC)cc1.[Y]. The Morgan fingerprint density at radius 1 is 1.16 bits per heavy atom. The van der Waals surface area contributed by atoms with Crippen LogP contribution < -0.4 is 4.31 Å². The average Bonchev–Trinajstić information content (AvgIpc) is 2.78. The summed E-state index contributed by atoms with van der Waals surface area (Å²) in [6, 6.07) is 18.0. The van der Waals surface area contributed by atoms with Gasteiger partial charge in [-0.2, -0.15) is 30.3 Å². The van der Waals surface area contributed by atoms with Crippen LogP contribution in [0.3, 0.4) is 0 Å². The summed E-state index contributed by atoms with van der Waals surface area (Å²) in [6.07, 6.45) is 2.32. The standard InChI is InChI=1S/C25H36NO4S.Y/c1-5-7-13-24(27)25(3,4)22-14-16-23(17-15-22)26(31(28,29)6-2)18-19-30-20-21-11-9-8-10-12-21;/h8-9,11-12,14-17,24,27H,5-7,13,18-20H2,1-4H3;/q-1;. The second kappa shape index (κ2) is 13.8. The van der Waals surface area contributed by atoms with E-state index in [0.29, 0.717) is 12.3 Å². The summed E-state index contributed by atoms with van der Waals surface area (Å²) in [6.45, 7) is 8.76. The van der Waals surface area contributed by atoms with Gasteiger partial charge < -0.3 is 9.84 Å². The monoisotopic (exact) mass is 535 g/mol. The number of sulfonamides is 1. The number of hydrogen-bond acceptors (Lipinski definition) is 4. The van der Waals surface area contributed by atoms with Crippen LogP contribution in [-0.2, 0) is 59.5 Å². The molecule has 0 fully saturated rings. The molecule has 2 aromatic rings. The van der Waals surface area contributed by atoms with Gasteiger partial charge in [0.2, 0.25) is 10.0 Å². The molecule has 1 N–H and O–H groups in total. The van der Waals surface area contributed by atoms with E-state index in [-0.39, 0.29) is 51.6 Å². The number of aliphatic hydroxyl groups excluding tert-OH is 1. The Labute approximate surface area is 219 Å². The fraction of sp³-hybridized carbons (Fsp3) is 0.520. The smallest absolute Gasteiger partial charge is 0.234 e. The molecule has 32 heavy (non-hydrogen) atoms. The van der Waals surface area contributed by atoms with Gasteiger partial charge in [-0.3, -0.25) is 4.31 Å². The minimum absolute atomic E-state index is 0. The summed E-state index contributed by atoms with van der Waals surface area (Å²) in [5.41, 5.74) is 2.20. The maximum absolute atomic E-state index is 12.7. The number of aliphatic hydroxyl groups is 1. The summed E-state index contributed by atoms with van der Waals surface area (Å²) in [5, 5.41) is 10.6. The van der Waals surface area contributed by atoms with Gasteiger partial charge in [-0.15, -0.1) is 5.56 Å². The minimum atomic E-state index is -3.44. The second-order valence-electron chi connectivity index (χ2n) is 8.36. The Morgan fingerprint density at radius 2 is 1.84 bits per heavy atom. The molecule has 0 saturated carbocycles. The van der Waals surface area contributed by atoms with Crippen LogP contribution in [0.1, 0.15) is 58.1 Å². The van der Waals surface area contributed by atoms with Crippen LogP contribution in [-0.4, -0.2) is 38.5 Å². The van der Waals surface area contributed by atoms with Crippen molar-refractivity contribution in [2.24, 2.45) is 0 Å². The summed E-state index contributed by atoms with van der Waals surface area (Å²) in [7, 11) is -3.44. The zero-order valence-electron chi connectivity index (χ0n) is 19.8. The molecule has 1 radical (unpaired) electrons. The van der Waals surface area contributed by atoms with E-state index < -0.39 is 21.5 Å². The molecule has 5 nitrogen and oxygen atoms in total. The van der Waals surface area contributed by atoms with E-state index in [9.17, 15) is 13.5 Å². The quantitative estimate of drug-likeness (QED) is 0.299. The third kappa shape index (κ3) is 8.21. The van der Waals surface area contributed by atoms with E-state index in [1.165, 1.54) is 4.31 Å². The topological polar surface area (TPSA) is 66.8 Å². The van der Waals surface area contributed by atoms with Gasteiger partial charge in [0.05, 0.1) is 30.7 Å². The molecule has 2 rings (SSSR count). The molecule has 0 amide bonds. The molecule has 7 heteroatoms. The first kappa shape index (κ1) is 29.2. The van der Waals surface area contributed by atoms with Crippen molar-refractivity contribution in [3.63, 3.8) is 0 Å². The van der Waals surface area contributed by atoms with Gasteiger partial charge in [0.1, 0.15) is 0 Å². The van der Waals surface area contributed by atoms with Crippen molar-refractivity contribution >= 4 is 15.7 Å². The maximum atomic E-state index is 12.7. The van der Waals surface area contributed by atoms with Gasteiger partial charge in [-0.05, 0) is 31.0 Å². The van der Waals surface area contributed by atoms with Crippen LogP contribution in [0.4, 0.5) is 5.69 Å². The third-order valence-corrected chi connectivity index (χ3v) is 7.54. The number of anilines is 1. The normalized spacial score (nSPS) is 12.8. The maximum Gasteiger partial charge on any atom is 0.234 e. The fourth-order valence-corrected chi connectivity index (χ4v) is 4.56. The molecule has 0 aliphatic rings. The van der Waals surface area contributed by atoms with E-state index >= 15 is 0 Å². The van der Waals surface area contributed by atoms with Crippen LogP contribution in [0.25, 0.3) is 0 Å². The van der Waals surface area contributed by atoms with Crippen molar-refractivity contribution in [2.75, 3.05) is 23.2 Å². The van der Waals surface area contributed by atoms with Crippen molar-refractivity contribution in [1.29, 1.82) is 0 Å². The first-order chi connectivity index (χ1) is 14.7. The summed E-state index contributed by atoms with van der Waals surface area (Å²) in [5.74, 6) is 0.0175. The Morgan fingerprint density at radius 3 is 2.41 bits per heavy atom. The van der Waals surface area contributed by atoms with Gasteiger partial charge >= 0.3 is 0 Å². The van der Waals surface area contributed by atoms with Crippen LogP contribution >= 0.6 is 0 Å². The molecule has 0 aromatic heterocycles. The largest absolute Gasteiger partial charge is 0.392 e. The predicted molar refractivity (Wildman–Crippen MR) is 127 cm³/mol. The number of ether oxygens (including phenoxy) is 1. The molecule has 0 aliphatic heterocycles. The number of unbranched alkanes of at least 4 members (excludes halogenated alkanes) is 1. The Bertz CT molecular complexity index is 886. The Balaban J connectivity index is 0.00000512. The van der Waals surface area contributed by atoms with E-state index in [1.807, 2.05) is 62.4 Å². The zero-order chi connectivity index (χ0) is 22.9. The first-order valence-electron chi connectivity index (χ1n) is 11.0. The minimum Gasteiger partial charge on any atom is -0.392 e. The van der Waals surface area contributed by atoms with Crippen LogP contribution in [0.15, 0.2) is 48.5 Å². The molecule has 0 saturated heterocycles. The summed E-state index contributed by atoms with van der Waals surface area (Å²) < 4.78 is 32.5. The molecule has 0 spiro atoms. The molecule has 0 bridgehead atoms. The van der Waals surface area contributed by atoms with Crippen molar-refractivity contribution in [3.05, 3.63) is 65.7 Å². The van der Waals surface area contributed by atoms with E-state index in [2.05, 4.69) is 13.0 Å². The van der Waals surface area contributed by atoms with Crippen molar-refractivity contribution in [1.82, 2.24) is 0 Å². The van der Waals surface area contributed by atoms with Gasteiger partial charge in [-0.1, -0.05) is 45.7 Å². The van der Waals surface area contributed by atoms with Gasteiger partial charge in [-0.25, -0.2) is 8.42 Å². The van der Waals surface area contributed by atoms with Crippen molar-refractivity contribution in [3.8, 4) is 0 Å². The number of hydrogen-bond donors (Lipinski definition) is 1. The number of nitrogens with zero attached hydrogens (tertiary/aromatic N) is 1. The van der Waals surface area contributed by atoms with Crippen molar-refractivity contribution in [2.45, 2.75) is 65.1 Å². The predicted octanol–water partition coefficient (Wildman–Crippen LogP) is 4.69. The van der Waals surface area contributed by atoms with E-state index in [0.717, 1.165) is 30.4 Å². The van der Waals surface area contributed by atoms with E-state index in [4.69, 9.17) is 4.74 Å². The average molecular weight is 536 g/mol. The molecule has 0 aliphatic carbocycles. The van der Waals surface area contributed by atoms with Crippen LogP contribution in [0.5, 0.6) is 0 Å². The third-order valence-electron chi connectivity index (χ3n) is 5.74. The van der Waals surface area contributed by atoms with E-state index in [1.54, 1.807) is 6.92 Å². The second-order valence-corrected chi connectivity index (χ2v) is 10.5. The molecule has 0 heterocycles. The molecule has 1 atom stereocenters. The molecular weight excluding hydrogens is 499 g/mol.